The number of nitriles is 1. The number of benzene rings is 6. The van der Waals surface area contributed by atoms with Gasteiger partial charge >= 0.3 is 0 Å². The van der Waals surface area contributed by atoms with E-state index in [2.05, 4.69) is 41.3 Å². The molecule has 2 aliphatic rings. The maximum atomic E-state index is 10.6. The normalized spacial score (nSPS) is 15.9. The van der Waals surface area contributed by atoms with Crippen molar-refractivity contribution < 1.29 is 9.15 Å². The molecule has 0 radical (unpaired) electrons. The number of rotatable bonds is 4. The molecule has 0 aliphatic carbocycles. The van der Waals surface area contributed by atoms with Crippen molar-refractivity contribution in [1.82, 2.24) is 15.0 Å². The highest BCUT2D eigenvalue weighted by Gasteiger charge is 2.47. The van der Waals surface area contributed by atoms with Crippen LogP contribution in [-0.4, -0.2) is 15.0 Å². The monoisotopic (exact) mass is 631 g/mol. The highest BCUT2D eigenvalue weighted by Crippen LogP contribution is 2.59. The molecule has 2 aliphatic heterocycles. The van der Waals surface area contributed by atoms with Crippen LogP contribution in [0.3, 0.4) is 0 Å². The van der Waals surface area contributed by atoms with Gasteiger partial charge in [0.2, 0.25) is 0 Å². The van der Waals surface area contributed by atoms with Crippen molar-refractivity contribution >= 4 is 33.3 Å². The van der Waals surface area contributed by atoms with Gasteiger partial charge in [0.05, 0.1) is 11.3 Å². The summed E-state index contributed by atoms with van der Waals surface area (Å²) in [5, 5.41) is 12.6. The quantitative estimate of drug-likeness (QED) is 0.191. The van der Waals surface area contributed by atoms with E-state index >= 15 is 0 Å². The number of nitrogens with zero attached hydrogens (tertiary/aromatic N) is 5. The van der Waals surface area contributed by atoms with Crippen molar-refractivity contribution in [2.75, 3.05) is 4.90 Å². The van der Waals surface area contributed by atoms with Crippen LogP contribution >= 0.6 is 0 Å². The van der Waals surface area contributed by atoms with Crippen LogP contribution in [0.25, 0.3) is 56.1 Å². The Morgan fingerprint density at radius 2 is 1.20 bits per heavy atom. The molecule has 2 aromatic heterocycles. The first kappa shape index (κ1) is 27.3. The lowest BCUT2D eigenvalue weighted by atomic mass is 10.0. The molecule has 8 aromatic rings. The van der Waals surface area contributed by atoms with Crippen LogP contribution in [0, 0.1) is 11.3 Å². The van der Waals surface area contributed by atoms with Crippen LogP contribution in [0.5, 0.6) is 5.75 Å². The van der Waals surface area contributed by atoms with Crippen molar-refractivity contribution in [3.63, 3.8) is 0 Å². The molecule has 0 saturated heterocycles. The number of aromatic nitrogens is 3. The number of furan rings is 1. The summed E-state index contributed by atoms with van der Waals surface area (Å²) in [6.07, 6.45) is -0.163. The fourth-order valence-corrected chi connectivity index (χ4v) is 7.27. The number of ether oxygens (including phenoxy) is 1. The van der Waals surface area contributed by atoms with E-state index in [1.54, 1.807) is 0 Å². The van der Waals surface area contributed by atoms with E-state index in [1.807, 2.05) is 109 Å². The second-order valence-corrected chi connectivity index (χ2v) is 12.3. The Labute approximate surface area is 281 Å². The number of anilines is 2. The Balaban J connectivity index is 1.12. The average Bonchev–Trinajstić information content (AvgIpc) is 3.83. The smallest absolute Gasteiger partial charge is 0.164 e. The van der Waals surface area contributed by atoms with Gasteiger partial charge in [0, 0.05) is 44.3 Å². The zero-order chi connectivity index (χ0) is 32.5. The molecule has 0 saturated carbocycles. The topological polar surface area (TPSA) is 88.1 Å². The zero-order valence-corrected chi connectivity index (χ0v) is 26.0. The molecule has 7 nitrogen and oxygen atoms in total. The van der Waals surface area contributed by atoms with Crippen LogP contribution < -0.4 is 9.64 Å². The lowest BCUT2D eigenvalue weighted by Crippen LogP contribution is -2.21. The van der Waals surface area contributed by atoms with Crippen molar-refractivity contribution in [2.24, 2.45) is 0 Å². The molecule has 10 rings (SSSR count). The Hall–Kier alpha value is -6.78. The Bertz CT molecular complexity index is 2640. The van der Waals surface area contributed by atoms with Crippen molar-refractivity contribution in [3.8, 4) is 46.0 Å². The summed E-state index contributed by atoms with van der Waals surface area (Å²) in [4.78, 5) is 17.1. The molecule has 0 spiro atoms. The molecular formula is C42H25N5O2. The van der Waals surface area contributed by atoms with Crippen LogP contribution in [0.2, 0.25) is 0 Å². The summed E-state index contributed by atoms with van der Waals surface area (Å²) in [7, 11) is 0. The number of hydrogen-bond donors (Lipinski definition) is 0. The minimum Gasteiger partial charge on any atom is -0.483 e. The first-order valence-corrected chi connectivity index (χ1v) is 16.1. The van der Waals surface area contributed by atoms with Crippen LogP contribution in [0.15, 0.2) is 144 Å². The van der Waals surface area contributed by atoms with E-state index in [-0.39, 0.29) is 12.1 Å². The summed E-state index contributed by atoms with van der Waals surface area (Å²) in [5.74, 6) is 2.45. The van der Waals surface area contributed by atoms with E-state index in [9.17, 15) is 5.26 Å². The van der Waals surface area contributed by atoms with E-state index in [4.69, 9.17) is 24.1 Å². The van der Waals surface area contributed by atoms with Gasteiger partial charge < -0.3 is 14.1 Å². The average molecular weight is 632 g/mol. The predicted octanol–water partition coefficient (Wildman–Crippen LogP) is 9.97. The number of hydrogen-bond acceptors (Lipinski definition) is 7. The molecule has 0 amide bonds. The highest BCUT2D eigenvalue weighted by atomic mass is 16.5. The van der Waals surface area contributed by atoms with Crippen LogP contribution in [-0.2, 0) is 0 Å². The zero-order valence-electron chi connectivity index (χ0n) is 26.0. The largest absolute Gasteiger partial charge is 0.483 e. The summed E-state index contributed by atoms with van der Waals surface area (Å²) in [6.45, 7) is 0. The third-order valence-electron chi connectivity index (χ3n) is 9.50. The Kier molecular flexibility index (Phi) is 5.93. The van der Waals surface area contributed by atoms with Crippen molar-refractivity contribution in [1.29, 1.82) is 5.26 Å². The molecular weight excluding hydrogens is 606 g/mol. The molecule has 1 unspecified atom stereocenters. The summed E-state index contributed by atoms with van der Waals surface area (Å²) >= 11 is 0. The maximum absolute atomic E-state index is 10.6. The first-order valence-electron chi connectivity index (χ1n) is 16.1. The maximum Gasteiger partial charge on any atom is 0.164 e. The van der Waals surface area contributed by atoms with E-state index < -0.39 is 0 Å². The van der Waals surface area contributed by atoms with Gasteiger partial charge in [-0.15, -0.1) is 0 Å². The van der Waals surface area contributed by atoms with Gasteiger partial charge in [-0.1, -0.05) is 84.9 Å². The molecule has 6 aromatic carbocycles. The van der Waals surface area contributed by atoms with Gasteiger partial charge in [0.25, 0.3) is 0 Å². The lowest BCUT2D eigenvalue weighted by molar-refractivity contribution is 0.223. The number of para-hydroxylation sites is 3. The first-order chi connectivity index (χ1) is 24.2. The summed E-state index contributed by atoms with van der Waals surface area (Å²) in [5.41, 5.74) is 8.65. The molecule has 4 heterocycles. The second kappa shape index (κ2) is 10.6. The van der Waals surface area contributed by atoms with Gasteiger partial charge in [-0.25, -0.2) is 15.0 Å². The fourth-order valence-electron chi connectivity index (χ4n) is 7.27. The van der Waals surface area contributed by atoms with E-state index in [1.165, 1.54) is 0 Å². The molecule has 230 valence electrons. The van der Waals surface area contributed by atoms with Gasteiger partial charge in [-0.3, -0.25) is 0 Å². The highest BCUT2D eigenvalue weighted by molar-refractivity contribution is 6.06. The fraction of sp³-hybridized carbons (Fsp3) is 0.0476. The standard InChI is InChI=1S/C42H25N5O2/c43-24-28-22-26(18-20-33(28)47-34-15-7-4-13-30(34)39-38(47)31-14-6-9-17-36(31)49-39)41-44-40(25-10-2-1-3-11-25)45-42(46-41)27-19-21-37-32(23-27)29-12-5-8-16-35(29)48-37/h1-23,38-39H/t38?,39-/m0/s1. The molecule has 2 atom stereocenters. The minimum atomic E-state index is -0.163. The van der Waals surface area contributed by atoms with Crippen molar-refractivity contribution in [2.45, 2.75) is 12.1 Å². The SMILES string of the molecule is N#Cc1cc(-c2nc(-c3ccccc3)nc(-c3ccc4oc5ccccc5c4c3)n2)ccc1N1c2ccccc2[C@@H]2Oc3ccccc3C21. The van der Waals surface area contributed by atoms with Gasteiger partial charge in [0.15, 0.2) is 23.6 Å². The molecule has 49 heavy (non-hydrogen) atoms. The molecule has 0 bridgehead atoms. The molecule has 7 heteroatoms. The van der Waals surface area contributed by atoms with Crippen LogP contribution in [0.1, 0.15) is 28.8 Å². The second-order valence-electron chi connectivity index (χ2n) is 12.3. The van der Waals surface area contributed by atoms with Crippen molar-refractivity contribution in [3.05, 3.63) is 156 Å². The van der Waals surface area contributed by atoms with E-state index in [0.29, 0.717) is 23.0 Å². The lowest BCUT2D eigenvalue weighted by Gasteiger charge is -2.27. The van der Waals surface area contributed by atoms with E-state index in [0.717, 1.165) is 66.9 Å². The molecule has 0 N–H and O–H groups in total. The Morgan fingerprint density at radius 3 is 2.04 bits per heavy atom. The summed E-state index contributed by atoms with van der Waals surface area (Å²) < 4.78 is 12.6. The van der Waals surface area contributed by atoms with Gasteiger partial charge in [-0.2, -0.15) is 5.26 Å². The predicted molar refractivity (Wildman–Crippen MR) is 189 cm³/mol. The summed E-state index contributed by atoms with van der Waals surface area (Å²) in [6, 6.07) is 48.6. The minimum absolute atomic E-state index is 0.0890. The number of fused-ring (bicyclic) bond motifs is 8. The Morgan fingerprint density at radius 1 is 0.551 bits per heavy atom. The van der Waals surface area contributed by atoms with Gasteiger partial charge in [0.1, 0.15) is 29.0 Å². The van der Waals surface area contributed by atoms with Gasteiger partial charge in [-0.05, 0) is 54.6 Å². The third-order valence-corrected chi connectivity index (χ3v) is 9.50. The van der Waals surface area contributed by atoms with Crippen LogP contribution in [0.4, 0.5) is 11.4 Å². The molecule has 0 fully saturated rings. The third kappa shape index (κ3) is 4.24.